The van der Waals surface area contributed by atoms with Crippen LogP contribution in [0.3, 0.4) is 0 Å². The van der Waals surface area contributed by atoms with Gasteiger partial charge in [-0.1, -0.05) is 13.8 Å². The molecule has 1 aromatic heterocycles. The maximum atomic E-state index is 11.3. The number of hydrogen-bond acceptors (Lipinski definition) is 6. The summed E-state index contributed by atoms with van der Waals surface area (Å²) in [6, 6.07) is 3.68. The quantitative estimate of drug-likeness (QED) is 0.704. The molecule has 118 valence electrons. The Bertz CT molecular complexity index is 418. The first kappa shape index (κ1) is 17.4. The maximum absolute atomic E-state index is 11.3. The van der Waals surface area contributed by atoms with Crippen LogP contribution in [-0.2, 0) is 4.74 Å². The lowest BCUT2D eigenvalue weighted by Gasteiger charge is -2.19. The Kier molecular flexibility index (Phi) is 7.68. The van der Waals surface area contributed by atoms with Crippen molar-refractivity contribution in [1.82, 2.24) is 15.1 Å². The predicted molar refractivity (Wildman–Crippen MR) is 83.5 cm³/mol. The number of aromatic nitrogens is 2. The first-order chi connectivity index (χ1) is 10.1. The van der Waals surface area contributed by atoms with Crippen molar-refractivity contribution in [3.63, 3.8) is 0 Å². The van der Waals surface area contributed by atoms with Gasteiger partial charge in [-0.25, -0.2) is 4.79 Å². The van der Waals surface area contributed by atoms with Crippen molar-refractivity contribution in [3.05, 3.63) is 17.8 Å². The van der Waals surface area contributed by atoms with Crippen molar-refractivity contribution in [2.75, 3.05) is 32.1 Å². The van der Waals surface area contributed by atoms with E-state index in [0.717, 1.165) is 32.5 Å². The third kappa shape index (κ3) is 6.08. The van der Waals surface area contributed by atoms with Crippen molar-refractivity contribution in [2.45, 2.75) is 39.7 Å². The van der Waals surface area contributed by atoms with Crippen molar-refractivity contribution in [3.8, 4) is 0 Å². The molecular formula is C15H26N4O2. The number of rotatable bonds is 9. The number of methoxy groups -OCH3 is 1. The van der Waals surface area contributed by atoms with E-state index in [2.05, 4.69) is 45.9 Å². The van der Waals surface area contributed by atoms with Crippen LogP contribution in [0.25, 0.3) is 0 Å². The van der Waals surface area contributed by atoms with Gasteiger partial charge in [0, 0.05) is 6.04 Å². The van der Waals surface area contributed by atoms with Crippen molar-refractivity contribution in [2.24, 2.45) is 0 Å². The van der Waals surface area contributed by atoms with Gasteiger partial charge in [0.05, 0.1) is 7.11 Å². The Labute approximate surface area is 126 Å². The first-order valence-corrected chi connectivity index (χ1v) is 7.51. The molecule has 0 amide bonds. The SMILES string of the molecule is CCN(CC)CCCC(C)Nc1ccc(C(=O)OC)nn1. The van der Waals surface area contributed by atoms with Crippen LogP contribution in [0.15, 0.2) is 12.1 Å². The molecule has 1 N–H and O–H groups in total. The van der Waals surface area contributed by atoms with Gasteiger partial charge >= 0.3 is 5.97 Å². The Morgan fingerprint density at radius 3 is 2.57 bits per heavy atom. The number of nitrogens with one attached hydrogen (secondary N) is 1. The molecule has 21 heavy (non-hydrogen) atoms. The highest BCUT2D eigenvalue weighted by Gasteiger charge is 2.09. The summed E-state index contributed by atoms with van der Waals surface area (Å²) < 4.78 is 4.59. The van der Waals surface area contributed by atoms with E-state index >= 15 is 0 Å². The van der Waals surface area contributed by atoms with E-state index < -0.39 is 5.97 Å². The molecule has 0 spiro atoms. The third-order valence-corrected chi connectivity index (χ3v) is 3.46. The van der Waals surface area contributed by atoms with Gasteiger partial charge in [0.25, 0.3) is 0 Å². The molecule has 0 aliphatic rings. The summed E-state index contributed by atoms with van der Waals surface area (Å²) >= 11 is 0. The molecule has 1 heterocycles. The molecule has 0 radical (unpaired) electrons. The van der Waals surface area contributed by atoms with E-state index in [9.17, 15) is 4.79 Å². The van der Waals surface area contributed by atoms with Gasteiger partial charge in [0.1, 0.15) is 5.82 Å². The van der Waals surface area contributed by atoms with Crippen LogP contribution in [0.1, 0.15) is 44.1 Å². The molecule has 0 bridgehead atoms. The Hall–Kier alpha value is -1.69. The monoisotopic (exact) mass is 294 g/mol. The fourth-order valence-corrected chi connectivity index (χ4v) is 2.11. The summed E-state index contributed by atoms with van der Waals surface area (Å²) in [6.07, 6.45) is 2.21. The summed E-state index contributed by atoms with van der Waals surface area (Å²) in [5.41, 5.74) is 0.220. The summed E-state index contributed by atoms with van der Waals surface area (Å²) in [5, 5.41) is 11.1. The molecule has 1 atom stereocenters. The first-order valence-electron chi connectivity index (χ1n) is 7.51. The Morgan fingerprint density at radius 1 is 1.33 bits per heavy atom. The van der Waals surface area contributed by atoms with Gasteiger partial charge in [0.15, 0.2) is 5.69 Å². The van der Waals surface area contributed by atoms with Crippen LogP contribution in [-0.4, -0.2) is 53.9 Å². The van der Waals surface area contributed by atoms with E-state index in [4.69, 9.17) is 0 Å². The summed E-state index contributed by atoms with van der Waals surface area (Å²) in [5.74, 6) is 0.208. The second-order valence-corrected chi connectivity index (χ2v) is 5.01. The maximum Gasteiger partial charge on any atom is 0.358 e. The lowest BCUT2D eigenvalue weighted by Crippen LogP contribution is -2.25. The molecule has 0 fully saturated rings. The van der Waals surface area contributed by atoms with Gasteiger partial charge in [-0.2, -0.15) is 0 Å². The zero-order valence-corrected chi connectivity index (χ0v) is 13.4. The van der Waals surface area contributed by atoms with Gasteiger partial charge in [-0.05, 0) is 51.5 Å². The van der Waals surface area contributed by atoms with Crippen LogP contribution in [0.4, 0.5) is 5.82 Å². The molecule has 0 aliphatic heterocycles. The minimum Gasteiger partial charge on any atom is -0.464 e. The number of anilines is 1. The second kappa shape index (κ2) is 9.28. The zero-order chi connectivity index (χ0) is 15.7. The Morgan fingerprint density at radius 2 is 2.05 bits per heavy atom. The van der Waals surface area contributed by atoms with Crippen molar-refractivity contribution >= 4 is 11.8 Å². The van der Waals surface area contributed by atoms with Gasteiger partial charge in [-0.15, -0.1) is 10.2 Å². The van der Waals surface area contributed by atoms with Gasteiger partial charge in [-0.3, -0.25) is 0 Å². The highest BCUT2D eigenvalue weighted by Crippen LogP contribution is 2.08. The third-order valence-electron chi connectivity index (χ3n) is 3.46. The lowest BCUT2D eigenvalue weighted by molar-refractivity contribution is 0.0593. The average Bonchev–Trinajstić information content (AvgIpc) is 2.51. The Balaban J connectivity index is 2.37. The average molecular weight is 294 g/mol. The van der Waals surface area contributed by atoms with E-state index in [0.29, 0.717) is 11.9 Å². The fourth-order valence-electron chi connectivity index (χ4n) is 2.11. The molecule has 0 saturated carbocycles. The van der Waals surface area contributed by atoms with Crippen LogP contribution in [0.2, 0.25) is 0 Å². The molecule has 0 saturated heterocycles. The van der Waals surface area contributed by atoms with E-state index in [1.165, 1.54) is 7.11 Å². The number of carbonyl (C=O) groups is 1. The number of hydrogen-bond donors (Lipinski definition) is 1. The highest BCUT2D eigenvalue weighted by atomic mass is 16.5. The van der Waals surface area contributed by atoms with E-state index in [-0.39, 0.29) is 5.69 Å². The van der Waals surface area contributed by atoms with E-state index in [1.54, 1.807) is 12.1 Å². The summed E-state index contributed by atoms with van der Waals surface area (Å²) in [7, 11) is 1.33. The normalized spacial score (nSPS) is 12.2. The minimum atomic E-state index is -0.471. The standard InChI is InChI=1S/C15H26N4O2/c1-5-19(6-2)11-7-8-12(3)16-14-10-9-13(17-18-14)15(20)21-4/h9-10,12H,5-8,11H2,1-4H3,(H,16,18). The largest absolute Gasteiger partial charge is 0.464 e. The van der Waals surface area contributed by atoms with Crippen LogP contribution < -0.4 is 5.32 Å². The van der Waals surface area contributed by atoms with Crippen LogP contribution in [0, 0.1) is 0 Å². The molecule has 6 heteroatoms. The predicted octanol–water partition coefficient (Wildman–Crippen LogP) is 2.19. The zero-order valence-electron chi connectivity index (χ0n) is 13.4. The number of nitrogens with zero attached hydrogens (tertiary/aromatic N) is 3. The molecular weight excluding hydrogens is 268 g/mol. The van der Waals surface area contributed by atoms with Gasteiger partial charge < -0.3 is 15.0 Å². The molecule has 1 rings (SSSR count). The molecule has 1 unspecified atom stereocenters. The van der Waals surface area contributed by atoms with Crippen LogP contribution >= 0.6 is 0 Å². The highest BCUT2D eigenvalue weighted by molar-refractivity contribution is 5.86. The molecule has 0 aromatic carbocycles. The van der Waals surface area contributed by atoms with E-state index in [1.807, 2.05) is 0 Å². The minimum absolute atomic E-state index is 0.220. The number of esters is 1. The summed E-state index contributed by atoms with van der Waals surface area (Å²) in [6.45, 7) is 9.80. The second-order valence-electron chi connectivity index (χ2n) is 5.01. The fraction of sp³-hybridized carbons (Fsp3) is 0.667. The van der Waals surface area contributed by atoms with Crippen molar-refractivity contribution < 1.29 is 9.53 Å². The summed E-state index contributed by atoms with van der Waals surface area (Å²) in [4.78, 5) is 13.7. The van der Waals surface area contributed by atoms with Crippen molar-refractivity contribution in [1.29, 1.82) is 0 Å². The molecule has 1 aromatic rings. The molecule has 6 nitrogen and oxygen atoms in total. The molecule has 0 aliphatic carbocycles. The topological polar surface area (TPSA) is 67.4 Å². The smallest absolute Gasteiger partial charge is 0.358 e. The van der Waals surface area contributed by atoms with Crippen LogP contribution in [0.5, 0.6) is 0 Å². The number of carbonyl (C=O) groups excluding carboxylic acids is 1. The lowest BCUT2D eigenvalue weighted by atomic mass is 10.1. The van der Waals surface area contributed by atoms with Gasteiger partial charge in [0.2, 0.25) is 0 Å². The number of ether oxygens (including phenoxy) is 1.